The third kappa shape index (κ3) is 3.49. The first kappa shape index (κ1) is 16.4. The van der Waals surface area contributed by atoms with Gasteiger partial charge in [0.25, 0.3) is 11.9 Å². The van der Waals surface area contributed by atoms with Crippen LogP contribution in [0.15, 0.2) is 22.6 Å². The molecular formula is C19H26N4O2. The largest absolute Gasteiger partial charge is 0.423 e. The first-order chi connectivity index (χ1) is 12.2. The predicted molar refractivity (Wildman–Crippen MR) is 98.1 cm³/mol. The summed E-state index contributed by atoms with van der Waals surface area (Å²) in [6.07, 6.45) is 4.59. The second-order valence-corrected chi connectivity index (χ2v) is 7.06. The SMILES string of the molecule is CCN1CCN(c2nc3ccc(C(=O)NC4CCCC4)cc3o2)CC1. The van der Waals surface area contributed by atoms with Crippen molar-refractivity contribution < 1.29 is 9.21 Å². The number of carbonyl (C=O) groups excluding carboxylic acids is 1. The van der Waals surface area contributed by atoms with E-state index >= 15 is 0 Å². The van der Waals surface area contributed by atoms with Gasteiger partial charge in [-0.1, -0.05) is 19.8 Å². The van der Waals surface area contributed by atoms with Crippen LogP contribution < -0.4 is 10.2 Å². The van der Waals surface area contributed by atoms with E-state index in [2.05, 4.69) is 27.0 Å². The fraction of sp³-hybridized carbons (Fsp3) is 0.579. The van der Waals surface area contributed by atoms with Crippen molar-refractivity contribution in [3.05, 3.63) is 23.8 Å². The Labute approximate surface area is 148 Å². The van der Waals surface area contributed by atoms with Gasteiger partial charge in [0, 0.05) is 37.8 Å². The van der Waals surface area contributed by atoms with Gasteiger partial charge in [0.15, 0.2) is 5.58 Å². The number of aromatic nitrogens is 1. The van der Waals surface area contributed by atoms with Gasteiger partial charge in [0.1, 0.15) is 5.52 Å². The predicted octanol–water partition coefficient (Wildman–Crippen LogP) is 2.64. The van der Waals surface area contributed by atoms with Gasteiger partial charge in [0.05, 0.1) is 0 Å². The lowest BCUT2D eigenvalue weighted by Crippen LogP contribution is -2.46. The Kier molecular flexibility index (Phi) is 4.61. The van der Waals surface area contributed by atoms with E-state index in [4.69, 9.17) is 4.42 Å². The van der Waals surface area contributed by atoms with Crippen molar-refractivity contribution >= 4 is 23.0 Å². The molecule has 2 fully saturated rings. The molecule has 0 bridgehead atoms. The fourth-order valence-corrected chi connectivity index (χ4v) is 3.78. The standard InChI is InChI=1S/C19H26N4O2/c1-2-22-9-11-23(12-10-22)19-21-16-8-7-14(13-17(16)25-19)18(24)20-15-5-3-4-6-15/h7-8,13,15H,2-6,9-12H2,1H3,(H,20,24). The summed E-state index contributed by atoms with van der Waals surface area (Å²) in [6.45, 7) is 7.19. The van der Waals surface area contributed by atoms with Crippen molar-refractivity contribution in [3.63, 3.8) is 0 Å². The van der Waals surface area contributed by atoms with Crippen molar-refractivity contribution in [1.29, 1.82) is 0 Å². The van der Waals surface area contributed by atoms with Gasteiger partial charge in [-0.05, 0) is 37.6 Å². The van der Waals surface area contributed by atoms with Crippen molar-refractivity contribution in [2.24, 2.45) is 0 Å². The molecule has 2 aromatic rings. The number of rotatable bonds is 4. The molecule has 25 heavy (non-hydrogen) atoms. The normalized spacial score (nSPS) is 19.6. The number of hydrogen-bond donors (Lipinski definition) is 1. The van der Waals surface area contributed by atoms with E-state index in [9.17, 15) is 4.79 Å². The highest BCUT2D eigenvalue weighted by Crippen LogP contribution is 2.24. The Hall–Kier alpha value is -2.08. The first-order valence-electron chi connectivity index (χ1n) is 9.41. The number of oxazole rings is 1. The van der Waals surface area contributed by atoms with Gasteiger partial charge in [-0.25, -0.2) is 0 Å². The Morgan fingerprint density at radius 2 is 2.00 bits per heavy atom. The van der Waals surface area contributed by atoms with Crippen molar-refractivity contribution in [1.82, 2.24) is 15.2 Å². The summed E-state index contributed by atoms with van der Waals surface area (Å²) in [5.74, 6) is -0.0108. The lowest BCUT2D eigenvalue weighted by atomic mass is 10.1. The first-order valence-corrected chi connectivity index (χ1v) is 9.41. The van der Waals surface area contributed by atoms with Gasteiger partial charge in [0.2, 0.25) is 0 Å². The maximum absolute atomic E-state index is 12.4. The number of anilines is 1. The van der Waals surface area contributed by atoms with Crippen LogP contribution in [0.1, 0.15) is 43.0 Å². The van der Waals surface area contributed by atoms with Crippen molar-refractivity contribution in [2.45, 2.75) is 38.6 Å². The van der Waals surface area contributed by atoms with Crippen LogP contribution in [0.3, 0.4) is 0 Å². The number of benzene rings is 1. The minimum Gasteiger partial charge on any atom is -0.423 e. The molecule has 0 atom stereocenters. The molecule has 2 heterocycles. The van der Waals surface area contributed by atoms with Crippen LogP contribution in [-0.2, 0) is 0 Å². The van der Waals surface area contributed by atoms with Gasteiger partial charge < -0.3 is 19.5 Å². The lowest BCUT2D eigenvalue weighted by molar-refractivity contribution is 0.0938. The number of nitrogens with zero attached hydrogens (tertiary/aromatic N) is 3. The van der Waals surface area contributed by atoms with Gasteiger partial charge >= 0.3 is 0 Å². The number of amides is 1. The number of nitrogens with one attached hydrogen (secondary N) is 1. The van der Waals surface area contributed by atoms with Crippen LogP contribution in [0, 0.1) is 0 Å². The molecule has 1 N–H and O–H groups in total. The third-order valence-electron chi connectivity index (χ3n) is 5.42. The van der Waals surface area contributed by atoms with E-state index in [0.29, 0.717) is 23.2 Å². The maximum Gasteiger partial charge on any atom is 0.298 e. The zero-order chi connectivity index (χ0) is 17.2. The number of fused-ring (bicyclic) bond motifs is 1. The summed E-state index contributed by atoms with van der Waals surface area (Å²) in [4.78, 5) is 21.6. The molecule has 134 valence electrons. The molecule has 6 nitrogen and oxygen atoms in total. The molecule has 1 aliphatic carbocycles. The molecule has 0 spiro atoms. The smallest absolute Gasteiger partial charge is 0.298 e. The van der Waals surface area contributed by atoms with Crippen molar-refractivity contribution in [3.8, 4) is 0 Å². The second-order valence-electron chi connectivity index (χ2n) is 7.06. The van der Waals surface area contributed by atoms with E-state index < -0.39 is 0 Å². The van der Waals surface area contributed by atoms with Crippen LogP contribution in [0.4, 0.5) is 6.01 Å². The molecule has 1 aromatic heterocycles. The second kappa shape index (κ2) is 7.04. The number of likely N-dealkylation sites (N-methyl/N-ethyl adjacent to an activating group) is 1. The minimum atomic E-state index is -0.0108. The quantitative estimate of drug-likeness (QED) is 0.925. The minimum absolute atomic E-state index is 0.0108. The molecule has 1 aromatic carbocycles. The van der Waals surface area contributed by atoms with Gasteiger partial charge in [-0.2, -0.15) is 4.98 Å². The molecule has 4 rings (SSSR count). The van der Waals surface area contributed by atoms with Gasteiger partial charge in [-0.15, -0.1) is 0 Å². The zero-order valence-electron chi connectivity index (χ0n) is 14.8. The molecule has 0 radical (unpaired) electrons. The summed E-state index contributed by atoms with van der Waals surface area (Å²) >= 11 is 0. The van der Waals surface area contributed by atoms with E-state index in [1.54, 1.807) is 0 Å². The van der Waals surface area contributed by atoms with Crippen molar-refractivity contribution in [2.75, 3.05) is 37.6 Å². The third-order valence-corrected chi connectivity index (χ3v) is 5.42. The van der Waals surface area contributed by atoms with Crippen LogP contribution in [0.2, 0.25) is 0 Å². The summed E-state index contributed by atoms with van der Waals surface area (Å²) < 4.78 is 5.95. The maximum atomic E-state index is 12.4. The molecular weight excluding hydrogens is 316 g/mol. The van der Waals surface area contributed by atoms with E-state index in [1.807, 2.05) is 18.2 Å². The van der Waals surface area contributed by atoms with Crippen LogP contribution in [-0.4, -0.2) is 54.6 Å². The summed E-state index contributed by atoms with van der Waals surface area (Å²) in [6, 6.07) is 6.53. The molecule has 1 aliphatic heterocycles. The molecule has 1 saturated heterocycles. The van der Waals surface area contributed by atoms with Crippen LogP contribution >= 0.6 is 0 Å². The highest BCUT2D eigenvalue weighted by Gasteiger charge is 2.21. The fourth-order valence-electron chi connectivity index (χ4n) is 3.78. The highest BCUT2D eigenvalue weighted by atomic mass is 16.4. The Morgan fingerprint density at radius 3 is 2.72 bits per heavy atom. The molecule has 0 unspecified atom stereocenters. The number of hydrogen-bond acceptors (Lipinski definition) is 5. The van der Waals surface area contributed by atoms with Crippen LogP contribution in [0.5, 0.6) is 0 Å². The summed E-state index contributed by atoms with van der Waals surface area (Å²) in [7, 11) is 0. The zero-order valence-corrected chi connectivity index (χ0v) is 14.8. The highest BCUT2D eigenvalue weighted by molar-refractivity contribution is 5.97. The Balaban J connectivity index is 1.48. The summed E-state index contributed by atoms with van der Waals surface area (Å²) in [5.41, 5.74) is 2.15. The average Bonchev–Trinajstić information content (AvgIpc) is 3.30. The number of piperazine rings is 1. The lowest BCUT2D eigenvalue weighted by Gasteiger charge is -2.32. The van der Waals surface area contributed by atoms with E-state index in [0.717, 1.165) is 51.1 Å². The monoisotopic (exact) mass is 342 g/mol. The van der Waals surface area contributed by atoms with Crippen LogP contribution in [0.25, 0.3) is 11.1 Å². The Morgan fingerprint density at radius 1 is 1.24 bits per heavy atom. The van der Waals surface area contributed by atoms with E-state index in [-0.39, 0.29) is 5.91 Å². The molecule has 6 heteroatoms. The molecule has 1 amide bonds. The topological polar surface area (TPSA) is 61.6 Å². The summed E-state index contributed by atoms with van der Waals surface area (Å²) in [5, 5.41) is 3.12. The Bertz CT molecular complexity index is 743. The van der Waals surface area contributed by atoms with E-state index in [1.165, 1.54) is 12.8 Å². The molecule has 1 saturated carbocycles. The van der Waals surface area contributed by atoms with Gasteiger partial charge in [-0.3, -0.25) is 4.79 Å². The number of carbonyl (C=O) groups is 1. The molecule has 2 aliphatic rings. The average molecular weight is 342 g/mol.